The van der Waals surface area contributed by atoms with Gasteiger partial charge in [-0.3, -0.25) is 4.79 Å². The molecule has 0 unspecified atom stereocenters. The van der Waals surface area contributed by atoms with Crippen LogP contribution in [-0.4, -0.2) is 5.78 Å². The van der Waals surface area contributed by atoms with Gasteiger partial charge in [-0.15, -0.1) is 0 Å². The summed E-state index contributed by atoms with van der Waals surface area (Å²) in [4.78, 5) is 13.2. The van der Waals surface area contributed by atoms with Crippen LogP contribution >= 0.6 is 0 Å². The summed E-state index contributed by atoms with van der Waals surface area (Å²) in [5, 5.41) is 0. The average molecular weight is 280 g/mol. The highest BCUT2D eigenvalue weighted by atomic mass is 16.1. The van der Waals surface area contributed by atoms with Crippen molar-refractivity contribution in [3.05, 3.63) is 70.8 Å². The Morgan fingerprint density at radius 1 is 0.905 bits per heavy atom. The van der Waals surface area contributed by atoms with Gasteiger partial charge in [0.05, 0.1) is 5.41 Å². The molecule has 2 rings (SSSR count). The van der Waals surface area contributed by atoms with Gasteiger partial charge in [-0.2, -0.15) is 0 Å². The van der Waals surface area contributed by atoms with Gasteiger partial charge in [0.15, 0.2) is 5.78 Å². The Bertz CT molecular complexity index is 622. The molecular weight excluding hydrogens is 256 g/mol. The van der Waals surface area contributed by atoms with Gasteiger partial charge in [0, 0.05) is 5.56 Å². The number of ketones is 1. The van der Waals surface area contributed by atoms with E-state index in [1.54, 1.807) is 0 Å². The van der Waals surface area contributed by atoms with Gasteiger partial charge < -0.3 is 0 Å². The zero-order chi connectivity index (χ0) is 15.5. The molecule has 0 aromatic heterocycles. The SMILES string of the molecule is CCC(CC)(C(=O)c1ccc(C)c(C)c1)c1ccccc1. The summed E-state index contributed by atoms with van der Waals surface area (Å²) in [7, 11) is 0. The van der Waals surface area contributed by atoms with Crippen LogP contribution in [0.4, 0.5) is 0 Å². The Hall–Kier alpha value is -1.89. The van der Waals surface area contributed by atoms with E-state index in [1.165, 1.54) is 11.1 Å². The van der Waals surface area contributed by atoms with E-state index in [4.69, 9.17) is 0 Å². The van der Waals surface area contributed by atoms with E-state index in [1.807, 2.05) is 36.4 Å². The molecule has 0 N–H and O–H groups in total. The van der Waals surface area contributed by atoms with E-state index in [-0.39, 0.29) is 5.78 Å². The normalized spacial score (nSPS) is 11.4. The van der Waals surface area contributed by atoms with E-state index >= 15 is 0 Å². The lowest BCUT2D eigenvalue weighted by Gasteiger charge is -2.31. The Balaban J connectivity index is 2.52. The van der Waals surface area contributed by atoms with Crippen LogP contribution in [0.3, 0.4) is 0 Å². The molecule has 110 valence electrons. The van der Waals surface area contributed by atoms with Gasteiger partial charge >= 0.3 is 0 Å². The van der Waals surface area contributed by atoms with Crippen molar-refractivity contribution in [1.29, 1.82) is 0 Å². The van der Waals surface area contributed by atoms with Crippen molar-refractivity contribution in [2.75, 3.05) is 0 Å². The maximum absolute atomic E-state index is 13.2. The van der Waals surface area contributed by atoms with Crippen LogP contribution in [0, 0.1) is 13.8 Å². The van der Waals surface area contributed by atoms with Crippen molar-refractivity contribution in [3.8, 4) is 0 Å². The third-order valence-corrected chi connectivity index (χ3v) is 4.74. The molecule has 0 saturated heterocycles. The number of Topliss-reactive ketones (excluding diaryl/α,β-unsaturated/α-hetero) is 1. The van der Waals surface area contributed by atoms with Crippen LogP contribution in [0.1, 0.15) is 53.7 Å². The van der Waals surface area contributed by atoms with Crippen molar-refractivity contribution in [3.63, 3.8) is 0 Å². The zero-order valence-electron chi connectivity index (χ0n) is 13.4. The summed E-state index contributed by atoms with van der Waals surface area (Å²) >= 11 is 0. The third-order valence-electron chi connectivity index (χ3n) is 4.74. The smallest absolute Gasteiger partial charge is 0.173 e. The van der Waals surface area contributed by atoms with Crippen molar-refractivity contribution in [2.45, 2.75) is 46.0 Å². The Morgan fingerprint density at radius 2 is 1.52 bits per heavy atom. The lowest BCUT2D eigenvalue weighted by Crippen LogP contribution is -2.34. The van der Waals surface area contributed by atoms with Crippen LogP contribution in [0.5, 0.6) is 0 Å². The molecule has 0 spiro atoms. The fraction of sp³-hybridized carbons (Fsp3) is 0.350. The first kappa shape index (κ1) is 15.5. The highest BCUT2D eigenvalue weighted by Gasteiger charge is 2.37. The van der Waals surface area contributed by atoms with Crippen LogP contribution < -0.4 is 0 Å². The van der Waals surface area contributed by atoms with E-state index < -0.39 is 5.41 Å². The molecular formula is C20H24O. The molecule has 0 saturated carbocycles. The maximum atomic E-state index is 13.2. The zero-order valence-corrected chi connectivity index (χ0v) is 13.4. The van der Waals surface area contributed by atoms with Crippen molar-refractivity contribution < 1.29 is 4.79 Å². The highest BCUT2D eigenvalue weighted by molar-refractivity contribution is 6.04. The molecule has 0 radical (unpaired) electrons. The molecule has 0 atom stereocenters. The first-order valence-corrected chi connectivity index (χ1v) is 7.72. The second-order valence-electron chi connectivity index (χ2n) is 5.78. The van der Waals surface area contributed by atoms with Crippen molar-refractivity contribution >= 4 is 5.78 Å². The van der Waals surface area contributed by atoms with Gasteiger partial charge in [0.2, 0.25) is 0 Å². The van der Waals surface area contributed by atoms with Gasteiger partial charge in [0.1, 0.15) is 0 Å². The van der Waals surface area contributed by atoms with Crippen LogP contribution in [0.15, 0.2) is 48.5 Å². The van der Waals surface area contributed by atoms with Crippen LogP contribution in [-0.2, 0) is 5.41 Å². The molecule has 1 heteroatoms. The topological polar surface area (TPSA) is 17.1 Å². The number of benzene rings is 2. The quantitative estimate of drug-likeness (QED) is 0.684. The molecule has 0 aliphatic carbocycles. The predicted octanol–water partition coefficient (Wildman–Crippen LogP) is 5.24. The maximum Gasteiger partial charge on any atom is 0.173 e. The number of hydrogen-bond donors (Lipinski definition) is 0. The van der Waals surface area contributed by atoms with Crippen molar-refractivity contribution in [1.82, 2.24) is 0 Å². The molecule has 0 heterocycles. The average Bonchev–Trinajstić information content (AvgIpc) is 2.52. The summed E-state index contributed by atoms with van der Waals surface area (Å²) in [6.45, 7) is 8.35. The molecule has 1 nitrogen and oxygen atoms in total. The Labute approximate surface area is 128 Å². The third kappa shape index (κ3) is 2.78. The number of carbonyl (C=O) groups is 1. The molecule has 0 aliphatic heterocycles. The first-order chi connectivity index (χ1) is 10.0. The van der Waals surface area contributed by atoms with E-state index in [2.05, 4.69) is 39.8 Å². The summed E-state index contributed by atoms with van der Waals surface area (Å²) in [6, 6.07) is 16.2. The minimum atomic E-state index is -0.414. The van der Waals surface area contributed by atoms with Gasteiger partial charge in [-0.05, 0) is 49.4 Å². The van der Waals surface area contributed by atoms with Crippen LogP contribution in [0.25, 0.3) is 0 Å². The van der Waals surface area contributed by atoms with E-state index in [0.29, 0.717) is 0 Å². The number of aryl methyl sites for hydroxylation is 2. The molecule has 0 amide bonds. The number of rotatable bonds is 5. The second kappa shape index (κ2) is 6.26. The highest BCUT2D eigenvalue weighted by Crippen LogP contribution is 2.35. The molecule has 2 aromatic rings. The second-order valence-corrected chi connectivity index (χ2v) is 5.78. The van der Waals surface area contributed by atoms with Crippen molar-refractivity contribution in [2.24, 2.45) is 0 Å². The largest absolute Gasteiger partial charge is 0.293 e. The predicted molar refractivity (Wildman–Crippen MR) is 88.9 cm³/mol. The molecule has 0 aliphatic rings. The monoisotopic (exact) mass is 280 g/mol. The molecule has 0 bridgehead atoms. The summed E-state index contributed by atoms with van der Waals surface area (Å²) in [5.74, 6) is 0.238. The van der Waals surface area contributed by atoms with E-state index in [0.717, 1.165) is 24.0 Å². The fourth-order valence-electron chi connectivity index (χ4n) is 3.03. The summed E-state index contributed by atoms with van der Waals surface area (Å²) < 4.78 is 0. The summed E-state index contributed by atoms with van der Waals surface area (Å²) in [5.41, 5.74) is 3.94. The van der Waals surface area contributed by atoms with Gasteiger partial charge in [-0.25, -0.2) is 0 Å². The Morgan fingerprint density at radius 3 is 2.05 bits per heavy atom. The fourth-order valence-corrected chi connectivity index (χ4v) is 3.03. The molecule has 2 aromatic carbocycles. The van der Waals surface area contributed by atoms with E-state index in [9.17, 15) is 4.79 Å². The number of hydrogen-bond acceptors (Lipinski definition) is 1. The number of carbonyl (C=O) groups excluding carboxylic acids is 1. The molecule has 0 fully saturated rings. The summed E-state index contributed by atoms with van der Waals surface area (Å²) in [6.07, 6.45) is 1.64. The minimum Gasteiger partial charge on any atom is -0.293 e. The minimum absolute atomic E-state index is 0.238. The lowest BCUT2D eigenvalue weighted by molar-refractivity contribution is 0.0873. The van der Waals surface area contributed by atoms with Crippen LogP contribution in [0.2, 0.25) is 0 Å². The molecule has 21 heavy (non-hydrogen) atoms. The standard InChI is InChI=1S/C20H24O/c1-5-20(6-2,18-10-8-7-9-11-18)19(21)17-13-12-15(3)16(4)14-17/h7-14H,5-6H2,1-4H3. The Kier molecular flexibility index (Phi) is 4.62. The first-order valence-electron chi connectivity index (χ1n) is 7.72. The van der Waals surface area contributed by atoms with Gasteiger partial charge in [-0.1, -0.05) is 56.3 Å². The van der Waals surface area contributed by atoms with Gasteiger partial charge in [0.25, 0.3) is 0 Å². The lowest BCUT2D eigenvalue weighted by atomic mass is 9.70.